The number of ether oxygens (including phenoxy) is 2. The van der Waals surface area contributed by atoms with Crippen molar-refractivity contribution >= 4 is 0 Å². The Hall–Kier alpha value is -0.120. The Balaban J connectivity index is 1.86. The number of hydrogen-bond acceptors (Lipinski definition) is 3. The van der Waals surface area contributed by atoms with Gasteiger partial charge in [-0.3, -0.25) is 0 Å². The molecule has 1 fully saturated rings. The Labute approximate surface area is 80.8 Å². The van der Waals surface area contributed by atoms with Crippen LogP contribution in [0.4, 0.5) is 0 Å². The largest absolute Gasteiger partial charge is 0.380 e. The topological polar surface area (TPSA) is 30.5 Å². The van der Waals surface area contributed by atoms with E-state index in [-0.39, 0.29) is 0 Å². The third-order valence-corrected chi connectivity index (χ3v) is 2.19. The molecular formula is C10H21NO2. The fourth-order valence-electron chi connectivity index (χ4n) is 1.48. The van der Waals surface area contributed by atoms with Crippen molar-refractivity contribution in [3.05, 3.63) is 0 Å². The lowest BCUT2D eigenvalue weighted by Crippen LogP contribution is -2.38. The van der Waals surface area contributed by atoms with Crippen LogP contribution in [0.25, 0.3) is 0 Å². The van der Waals surface area contributed by atoms with E-state index in [1.807, 2.05) is 0 Å². The van der Waals surface area contributed by atoms with Crippen molar-refractivity contribution in [3.8, 4) is 0 Å². The van der Waals surface area contributed by atoms with Gasteiger partial charge in [-0.2, -0.15) is 0 Å². The van der Waals surface area contributed by atoms with E-state index in [1.54, 1.807) is 0 Å². The summed E-state index contributed by atoms with van der Waals surface area (Å²) in [4.78, 5) is 0. The molecule has 0 aromatic rings. The van der Waals surface area contributed by atoms with Gasteiger partial charge in [0.05, 0.1) is 13.2 Å². The molecule has 0 aromatic heterocycles. The Morgan fingerprint density at radius 2 is 2.38 bits per heavy atom. The molecule has 0 bridgehead atoms. The molecule has 1 rings (SSSR count). The molecule has 1 atom stereocenters. The van der Waals surface area contributed by atoms with Crippen molar-refractivity contribution in [2.24, 2.45) is 0 Å². The molecule has 1 heterocycles. The van der Waals surface area contributed by atoms with Crippen LogP contribution >= 0.6 is 0 Å². The van der Waals surface area contributed by atoms with E-state index < -0.39 is 0 Å². The molecule has 1 aliphatic rings. The molecule has 1 aliphatic heterocycles. The summed E-state index contributed by atoms with van der Waals surface area (Å²) in [5, 5.41) is 3.43. The van der Waals surface area contributed by atoms with Crippen LogP contribution in [0.5, 0.6) is 0 Å². The zero-order valence-electron chi connectivity index (χ0n) is 8.55. The summed E-state index contributed by atoms with van der Waals surface area (Å²) < 4.78 is 10.7. The highest BCUT2D eigenvalue weighted by atomic mass is 16.5. The summed E-state index contributed by atoms with van der Waals surface area (Å²) in [7, 11) is 0. The predicted octanol–water partition coefficient (Wildman–Crippen LogP) is 1.18. The summed E-state index contributed by atoms with van der Waals surface area (Å²) in [5.41, 5.74) is 0. The molecule has 1 N–H and O–H groups in total. The second-order valence-electron chi connectivity index (χ2n) is 3.48. The molecule has 0 amide bonds. The van der Waals surface area contributed by atoms with E-state index in [0.29, 0.717) is 6.04 Å². The van der Waals surface area contributed by atoms with Crippen molar-refractivity contribution in [2.45, 2.75) is 32.2 Å². The third kappa shape index (κ3) is 5.24. The van der Waals surface area contributed by atoms with E-state index in [4.69, 9.17) is 9.47 Å². The summed E-state index contributed by atoms with van der Waals surface area (Å²) >= 11 is 0. The van der Waals surface area contributed by atoms with Gasteiger partial charge < -0.3 is 14.8 Å². The minimum Gasteiger partial charge on any atom is -0.380 e. The molecule has 0 saturated carbocycles. The first kappa shape index (κ1) is 11.0. The fraction of sp³-hybridized carbons (Fsp3) is 1.00. The molecule has 3 nitrogen and oxygen atoms in total. The van der Waals surface area contributed by atoms with Crippen LogP contribution in [0.2, 0.25) is 0 Å². The molecule has 0 spiro atoms. The van der Waals surface area contributed by atoms with Gasteiger partial charge in [-0.25, -0.2) is 0 Å². The molecule has 1 unspecified atom stereocenters. The van der Waals surface area contributed by atoms with Crippen molar-refractivity contribution in [2.75, 3.05) is 33.0 Å². The minimum absolute atomic E-state index is 0.555. The maximum atomic E-state index is 5.37. The van der Waals surface area contributed by atoms with Crippen molar-refractivity contribution < 1.29 is 9.47 Å². The summed E-state index contributed by atoms with van der Waals surface area (Å²) in [6.45, 7) is 6.59. The minimum atomic E-state index is 0.555. The van der Waals surface area contributed by atoms with Crippen molar-refractivity contribution in [1.29, 1.82) is 0 Å². The van der Waals surface area contributed by atoms with Gasteiger partial charge in [-0.1, -0.05) is 6.92 Å². The first-order chi connectivity index (χ1) is 6.43. The predicted molar refractivity (Wildman–Crippen MR) is 53.0 cm³/mol. The lowest BCUT2D eigenvalue weighted by molar-refractivity contribution is 0.0648. The summed E-state index contributed by atoms with van der Waals surface area (Å²) in [6, 6.07) is 0.555. The van der Waals surface area contributed by atoms with Gasteiger partial charge in [-0.15, -0.1) is 0 Å². The first-order valence-corrected chi connectivity index (χ1v) is 5.32. The van der Waals surface area contributed by atoms with Gasteiger partial charge in [-0.05, 0) is 19.3 Å². The second-order valence-corrected chi connectivity index (χ2v) is 3.48. The van der Waals surface area contributed by atoms with Crippen LogP contribution in [-0.2, 0) is 9.47 Å². The van der Waals surface area contributed by atoms with E-state index in [0.717, 1.165) is 39.4 Å². The third-order valence-electron chi connectivity index (χ3n) is 2.19. The average Bonchev–Trinajstić information content (AvgIpc) is 2.19. The smallest absolute Gasteiger partial charge is 0.0619 e. The standard InChI is InChI=1S/C10H21NO2/c1-2-6-12-8-5-11-10-4-3-7-13-9-10/h10-11H,2-9H2,1H3. The average molecular weight is 187 g/mol. The lowest BCUT2D eigenvalue weighted by Gasteiger charge is -2.23. The maximum absolute atomic E-state index is 5.37. The molecule has 0 aliphatic carbocycles. The van der Waals surface area contributed by atoms with Crippen LogP contribution in [-0.4, -0.2) is 39.0 Å². The normalized spacial score (nSPS) is 23.3. The Morgan fingerprint density at radius 1 is 1.46 bits per heavy atom. The van der Waals surface area contributed by atoms with Gasteiger partial charge in [0.2, 0.25) is 0 Å². The highest BCUT2D eigenvalue weighted by molar-refractivity contribution is 4.69. The zero-order chi connectivity index (χ0) is 9.36. The van der Waals surface area contributed by atoms with Crippen LogP contribution < -0.4 is 5.32 Å². The monoisotopic (exact) mass is 187 g/mol. The Bertz CT molecular complexity index is 113. The maximum Gasteiger partial charge on any atom is 0.0619 e. The van der Waals surface area contributed by atoms with E-state index in [1.165, 1.54) is 12.8 Å². The van der Waals surface area contributed by atoms with E-state index in [2.05, 4.69) is 12.2 Å². The van der Waals surface area contributed by atoms with Crippen LogP contribution in [0.3, 0.4) is 0 Å². The second kappa shape index (κ2) is 7.30. The van der Waals surface area contributed by atoms with E-state index in [9.17, 15) is 0 Å². The van der Waals surface area contributed by atoms with Gasteiger partial charge in [0.1, 0.15) is 0 Å². The van der Waals surface area contributed by atoms with Gasteiger partial charge in [0.25, 0.3) is 0 Å². The quantitative estimate of drug-likeness (QED) is 0.633. The SMILES string of the molecule is CCCOCCNC1CCCOC1. The number of nitrogens with one attached hydrogen (secondary N) is 1. The molecule has 13 heavy (non-hydrogen) atoms. The molecule has 0 aromatic carbocycles. The fourth-order valence-corrected chi connectivity index (χ4v) is 1.48. The highest BCUT2D eigenvalue weighted by Crippen LogP contribution is 2.04. The summed E-state index contributed by atoms with van der Waals surface area (Å²) in [6.07, 6.45) is 3.54. The highest BCUT2D eigenvalue weighted by Gasteiger charge is 2.11. The van der Waals surface area contributed by atoms with Crippen molar-refractivity contribution in [1.82, 2.24) is 5.32 Å². The van der Waals surface area contributed by atoms with Crippen LogP contribution in [0.15, 0.2) is 0 Å². The molecule has 1 saturated heterocycles. The lowest BCUT2D eigenvalue weighted by atomic mass is 10.1. The number of rotatable bonds is 6. The van der Waals surface area contributed by atoms with Crippen LogP contribution in [0.1, 0.15) is 26.2 Å². The Kier molecular flexibility index (Phi) is 6.15. The first-order valence-electron chi connectivity index (χ1n) is 5.32. The van der Waals surface area contributed by atoms with Gasteiger partial charge in [0.15, 0.2) is 0 Å². The molecular weight excluding hydrogens is 166 g/mol. The molecule has 0 radical (unpaired) electrons. The molecule has 78 valence electrons. The van der Waals surface area contributed by atoms with Crippen molar-refractivity contribution in [3.63, 3.8) is 0 Å². The van der Waals surface area contributed by atoms with Crippen LogP contribution in [0, 0.1) is 0 Å². The zero-order valence-corrected chi connectivity index (χ0v) is 8.55. The van der Waals surface area contributed by atoms with Gasteiger partial charge in [0, 0.05) is 25.8 Å². The van der Waals surface area contributed by atoms with E-state index >= 15 is 0 Å². The number of hydrogen-bond donors (Lipinski definition) is 1. The molecule has 3 heteroatoms. The van der Waals surface area contributed by atoms with Gasteiger partial charge >= 0.3 is 0 Å². The summed E-state index contributed by atoms with van der Waals surface area (Å²) in [5.74, 6) is 0. The Morgan fingerprint density at radius 3 is 3.08 bits per heavy atom.